The Morgan fingerprint density at radius 1 is 1.09 bits per heavy atom. The van der Waals surface area contributed by atoms with E-state index in [1.807, 2.05) is 20.3 Å². The van der Waals surface area contributed by atoms with E-state index in [-0.39, 0.29) is 18.3 Å². The van der Waals surface area contributed by atoms with Gasteiger partial charge in [-0.2, -0.15) is 0 Å². The number of hydrogen-bond donors (Lipinski definition) is 1. The predicted octanol–water partition coefficient (Wildman–Crippen LogP) is 3.04. The van der Waals surface area contributed by atoms with Crippen LogP contribution in [-0.2, 0) is 9.31 Å². The summed E-state index contributed by atoms with van der Waals surface area (Å²) in [4.78, 5) is 4.47. The van der Waals surface area contributed by atoms with Gasteiger partial charge >= 0.3 is 7.12 Å². The van der Waals surface area contributed by atoms with Crippen LogP contribution in [0.15, 0.2) is 29.3 Å². The summed E-state index contributed by atoms with van der Waals surface area (Å²) >= 11 is 1.69. The van der Waals surface area contributed by atoms with Crippen molar-refractivity contribution in [2.24, 2.45) is 0 Å². The number of nitrogens with zero attached hydrogens (tertiary/aromatic N) is 1. The van der Waals surface area contributed by atoms with Gasteiger partial charge in [0.25, 0.3) is 0 Å². The van der Waals surface area contributed by atoms with Crippen molar-refractivity contribution in [2.75, 3.05) is 14.1 Å². The van der Waals surface area contributed by atoms with Crippen molar-refractivity contribution in [1.82, 2.24) is 9.29 Å². The number of rotatable bonds is 3. The SMILES string of the molecule is CN(C)Sc1cc(B2OC(C)(C)C(C)(C)O2)c2cc[nH]c2c1. The van der Waals surface area contributed by atoms with E-state index in [2.05, 4.69) is 55.2 Å². The van der Waals surface area contributed by atoms with E-state index in [1.54, 1.807) is 11.9 Å². The number of aromatic amines is 1. The smallest absolute Gasteiger partial charge is 0.399 e. The second-order valence-electron chi connectivity index (χ2n) is 6.94. The molecule has 1 aromatic heterocycles. The van der Waals surface area contributed by atoms with Crippen LogP contribution in [0.5, 0.6) is 0 Å². The molecule has 1 fully saturated rings. The third kappa shape index (κ3) is 2.69. The van der Waals surface area contributed by atoms with Gasteiger partial charge < -0.3 is 14.3 Å². The minimum Gasteiger partial charge on any atom is -0.399 e. The van der Waals surface area contributed by atoms with Crippen molar-refractivity contribution in [1.29, 1.82) is 0 Å². The highest BCUT2D eigenvalue weighted by Crippen LogP contribution is 2.37. The van der Waals surface area contributed by atoms with Gasteiger partial charge in [-0.15, -0.1) is 0 Å². The number of fused-ring (bicyclic) bond motifs is 1. The van der Waals surface area contributed by atoms with E-state index in [0.717, 1.165) is 16.4 Å². The highest BCUT2D eigenvalue weighted by molar-refractivity contribution is 7.97. The first-order valence-corrected chi connectivity index (χ1v) is 8.29. The Morgan fingerprint density at radius 3 is 2.32 bits per heavy atom. The molecule has 6 heteroatoms. The lowest BCUT2D eigenvalue weighted by Gasteiger charge is -2.32. The number of H-pyrrole nitrogens is 1. The fourth-order valence-electron chi connectivity index (χ4n) is 2.60. The quantitative estimate of drug-likeness (QED) is 0.697. The maximum absolute atomic E-state index is 6.23. The van der Waals surface area contributed by atoms with Crippen LogP contribution in [-0.4, -0.2) is 41.7 Å². The van der Waals surface area contributed by atoms with Gasteiger partial charge in [0.2, 0.25) is 0 Å². The van der Waals surface area contributed by atoms with Crippen LogP contribution >= 0.6 is 11.9 Å². The zero-order chi connectivity index (χ0) is 16.1. The summed E-state index contributed by atoms with van der Waals surface area (Å²) in [6.45, 7) is 8.33. The Balaban J connectivity index is 2.05. The molecular formula is C16H23BN2O2S. The molecule has 0 unspecified atom stereocenters. The summed E-state index contributed by atoms with van der Waals surface area (Å²) in [7, 11) is 3.74. The molecule has 0 radical (unpaired) electrons. The van der Waals surface area contributed by atoms with Gasteiger partial charge in [0.15, 0.2) is 0 Å². The van der Waals surface area contributed by atoms with Crippen LogP contribution in [0, 0.1) is 0 Å². The molecule has 4 nitrogen and oxygen atoms in total. The van der Waals surface area contributed by atoms with E-state index in [9.17, 15) is 0 Å². The van der Waals surface area contributed by atoms with E-state index < -0.39 is 0 Å². The minimum absolute atomic E-state index is 0.328. The molecule has 0 amide bonds. The first kappa shape index (κ1) is 15.9. The maximum Gasteiger partial charge on any atom is 0.495 e. The van der Waals surface area contributed by atoms with Crippen LogP contribution in [0.25, 0.3) is 10.9 Å². The lowest BCUT2D eigenvalue weighted by Crippen LogP contribution is -2.41. The molecule has 1 aromatic carbocycles. The van der Waals surface area contributed by atoms with Crippen molar-refractivity contribution in [3.05, 3.63) is 24.4 Å². The molecule has 1 aliphatic heterocycles. The number of nitrogens with one attached hydrogen (secondary N) is 1. The Kier molecular flexibility index (Phi) is 3.84. The lowest BCUT2D eigenvalue weighted by atomic mass is 9.77. The molecular weight excluding hydrogens is 295 g/mol. The van der Waals surface area contributed by atoms with Crippen LogP contribution in [0.4, 0.5) is 0 Å². The second-order valence-corrected chi connectivity index (χ2v) is 8.33. The largest absolute Gasteiger partial charge is 0.495 e. The zero-order valence-electron chi connectivity index (χ0n) is 14.1. The van der Waals surface area contributed by atoms with Gasteiger partial charge in [0.1, 0.15) is 0 Å². The van der Waals surface area contributed by atoms with Crippen molar-refractivity contribution in [3.63, 3.8) is 0 Å². The zero-order valence-corrected chi connectivity index (χ0v) is 14.9. The van der Waals surface area contributed by atoms with Gasteiger partial charge in [0, 0.05) is 16.6 Å². The maximum atomic E-state index is 6.23. The third-order valence-corrected chi connectivity index (χ3v) is 5.28. The molecule has 22 heavy (non-hydrogen) atoms. The predicted molar refractivity (Wildman–Crippen MR) is 93.6 cm³/mol. The summed E-state index contributed by atoms with van der Waals surface area (Å²) in [6, 6.07) is 6.41. The topological polar surface area (TPSA) is 37.5 Å². The molecule has 118 valence electrons. The van der Waals surface area contributed by atoms with Crippen LogP contribution in [0.2, 0.25) is 0 Å². The van der Waals surface area contributed by atoms with Crippen molar-refractivity contribution >= 4 is 35.4 Å². The molecule has 0 spiro atoms. The van der Waals surface area contributed by atoms with Crippen LogP contribution in [0.1, 0.15) is 27.7 Å². The standard InChI is InChI=1S/C16H23BN2O2S/c1-15(2)16(3,4)21-17(20-15)13-9-11(22-19(5)6)10-14-12(13)7-8-18-14/h7-10,18H,1-6H3. The van der Waals surface area contributed by atoms with Gasteiger partial charge in [-0.25, -0.2) is 0 Å². The molecule has 0 saturated carbocycles. The lowest BCUT2D eigenvalue weighted by molar-refractivity contribution is 0.00578. The average Bonchev–Trinajstić information content (AvgIpc) is 2.90. The van der Waals surface area contributed by atoms with Crippen LogP contribution < -0.4 is 5.46 Å². The minimum atomic E-state index is -0.342. The summed E-state index contributed by atoms with van der Waals surface area (Å²) in [5.74, 6) is 0. The van der Waals surface area contributed by atoms with Gasteiger partial charge in [0.05, 0.1) is 11.2 Å². The Morgan fingerprint density at radius 2 is 1.73 bits per heavy atom. The molecule has 0 aliphatic carbocycles. The number of benzene rings is 1. The molecule has 1 aliphatic rings. The van der Waals surface area contributed by atoms with Crippen molar-refractivity contribution < 1.29 is 9.31 Å². The Bertz CT molecular complexity index is 681. The fraction of sp³-hybridized carbons (Fsp3) is 0.500. The summed E-state index contributed by atoms with van der Waals surface area (Å²) in [6.07, 6.45) is 1.96. The average molecular weight is 318 g/mol. The van der Waals surface area contributed by atoms with Crippen molar-refractivity contribution in [2.45, 2.75) is 43.8 Å². The number of hydrogen-bond acceptors (Lipinski definition) is 4. The van der Waals surface area contributed by atoms with E-state index in [1.165, 1.54) is 4.90 Å². The third-order valence-electron chi connectivity index (χ3n) is 4.47. The normalized spacial score (nSPS) is 20.2. The van der Waals surface area contributed by atoms with Crippen LogP contribution in [0.3, 0.4) is 0 Å². The first-order chi connectivity index (χ1) is 10.2. The molecule has 3 rings (SSSR count). The highest BCUT2D eigenvalue weighted by atomic mass is 32.2. The van der Waals surface area contributed by atoms with E-state index >= 15 is 0 Å². The van der Waals surface area contributed by atoms with Gasteiger partial charge in [-0.05, 0) is 82.8 Å². The number of aromatic nitrogens is 1. The van der Waals surface area contributed by atoms with E-state index in [0.29, 0.717) is 0 Å². The Labute approximate surface area is 136 Å². The molecule has 2 heterocycles. The molecule has 1 N–H and O–H groups in total. The van der Waals surface area contributed by atoms with Gasteiger partial charge in [-0.3, -0.25) is 4.31 Å². The highest BCUT2D eigenvalue weighted by Gasteiger charge is 2.52. The fourth-order valence-corrected chi connectivity index (χ4v) is 3.37. The first-order valence-electron chi connectivity index (χ1n) is 7.51. The monoisotopic (exact) mass is 318 g/mol. The summed E-state index contributed by atoms with van der Waals surface area (Å²) in [5.41, 5.74) is 1.54. The van der Waals surface area contributed by atoms with Crippen molar-refractivity contribution in [3.8, 4) is 0 Å². The second kappa shape index (κ2) is 5.30. The van der Waals surface area contributed by atoms with E-state index in [4.69, 9.17) is 9.31 Å². The summed E-state index contributed by atoms with van der Waals surface area (Å²) < 4.78 is 14.5. The van der Waals surface area contributed by atoms with Gasteiger partial charge in [-0.1, -0.05) is 0 Å². The Hall–Kier alpha value is -0.945. The summed E-state index contributed by atoms with van der Waals surface area (Å²) in [5, 5.41) is 1.15. The molecule has 0 atom stereocenters. The molecule has 1 saturated heterocycles. The molecule has 2 aromatic rings. The molecule has 0 bridgehead atoms.